The van der Waals surface area contributed by atoms with E-state index in [2.05, 4.69) is 11.1 Å². The van der Waals surface area contributed by atoms with Crippen LogP contribution in [0.2, 0.25) is 0 Å². The fourth-order valence-electron chi connectivity index (χ4n) is 3.25. The molecule has 0 atom stereocenters. The maximum atomic E-state index is 12.4. The largest absolute Gasteiger partial charge is 0.466 e. The number of benzene rings is 2. The van der Waals surface area contributed by atoms with Crippen LogP contribution in [-0.2, 0) is 22.5 Å². The minimum Gasteiger partial charge on any atom is -0.466 e. The SMILES string of the molecule is Cc1ccc(CCC(=O)OCCCn2c(=O)[nH]c3ccccc3c2=O)c(C)c1. The zero-order valence-electron chi connectivity index (χ0n) is 16.2. The average Bonchev–Trinajstić information content (AvgIpc) is 2.66. The van der Waals surface area contributed by atoms with Gasteiger partial charge in [-0.15, -0.1) is 0 Å². The zero-order chi connectivity index (χ0) is 20.1. The number of carbonyl (C=O) groups excluding carboxylic acids is 1. The second-order valence-corrected chi connectivity index (χ2v) is 6.94. The van der Waals surface area contributed by atoms with E-state index in [0.29, 0.717) is 30.2 Å². The summed E-state index contributed by atoms with van der Waals surface area (Å²) in [5.74, 6) is -0.278. The van der Waals surface area contributed by atoms with E-state index in [9.17, 15) is 14.4 Å². The Hall–Kier alpha value is -3.15. The minimum absolute atomic E-state index is 0.171. The van der Waals surface area contributed by atoms with Crippen LogP contribution in [0.4, 0.5) is 0 Å². The van der Waals surface area contributed by atoms with Gasteiger partial charge in [-0.25, -0.2) is 4.79 Å². The number of fused-ring (bicyclic) bond motifs is 1. The molecule has 2 aromatic carbocycles. The second-order valence-electron chi connectivity index (χ2n) is 6.94. The minimum atomic E-state index is -0.454. The van der Waals surface area contributed by atoms with Gasteiger partial charge in [-0.2, -0.15) is 0 Å². The molecule has 0 radical (unpaired) electrons. The van der Waals surface area contributed by atoms with Crippen LogP contribution in [0.25, 0.3) is 10.9 Å². The molecule has 3 aromatic rings. The molecular weight excluding hydrogens is 356 g/mol. The van der Waals surface area contributed by atoms with Gasteiger partial charge in [0.1, 0.15) is 0 Å². The number of nitrogens with one attached hydrogen (secondary N) is 1. The summed E-state index contributed by atoms with van der Waals surface area (Å²) in [6.07, 6.45) is 1.34. The Morgan fingerprint density at radius 1 is 1.11 bits per heavy atom. The Labute approximate surface area is 162 Å². The predicted molar refractivity (Wildman–Crippen MR) is 109 cm³/mol. The highest BCUT2D eigenvalue weighted by atomic mass is 16.5. The van der Waals surface area contributed by atoms with Crippen LogP contribution in [0.1, 0.15) is 29.5 Å². The van der Waals surface area contributed by atoms with Crippen LogP contribution in [0.5, 0.6) is 0 Å². The zero-order valence-corrected chi connectivity index (χ0v) is 16.2. The normalized spacial score (nSPS) is 10.9. The van der Waals surface area contributed by atoms with Crippen molar-refractivity contribution in [2.24, 2.45) is 0 Å². The highest BCUT2D eigenvalue weighted by Crippen LogP contribution is 2.13. The molecule has 146 valence electrons. The van der Waals surface area contributed by atoms with E-state index >= 15 is 0 Å². The summed E-state index contributed by atoms with van der Waals surface area (Å²) in [4.78, 5) is 39.2. The fourth-order valence-corrected chi connectivity index (χ4v) is 3.25. The van der Waals surface area contributed by atoms with Crippen LogP contribution in [0.3, 0.4) is 0 Å². The molecule has 0 amide bonds. The molecule has 28 heavy (non-hydrogen) atoms. The summed E-state index contributed by atoms with van der Waals surface area (Å²) in [5, 5.41) is 0.465. The first-order valence-electron chi connectivity index (χ1n) is 9.39. The van der Waals surface area contributed by atoms with E-state index < -0.39 is 5.69 Å². The molecule has 0 saturated heterocycles. The monoisotopic (exact) mass is 380 g/mol. The van der Waals surface area contributed by atoms with E-state index in [4.69, 9.17) is 4.74 Å². The van der Waals surface area contributed by atoms with Gasteiger partial charge in [0.25, 0.3) is 5.56 Å². The number of nitrogens with zero attached hydrogens (tertiary/aromatic N) is 1. The third-order valence-corrected chi connectivity index (χ3v) is 4.78. The summed E-state index contributed by atoms with van der Waals surface area (Å²) in [6.45, 7) is 4.44. The lowest BCUT2D eigenvalue weighted by Gasteiger charge is -2.09. The number of hydrogen-bond donors (Lipinski definition) is 1. The second kappa shape index (κ2) is 8.69. The molecule has 6 nitrogen and oxygen atoms in total. The number of aromatic nitrogens is 2. The first kappa shape index (κ1) is 19.6. The summed E-state index contributed by atoms with van der Waals surface area (Å²) in [6, 6.07) is 13.1. The maximum Gasteiger partial charge on any atom is 0.328 e. The van der Waals surface area contributed by atoms with E-state index in [0.717, 1.165) is 10.1 Å². The lowest BCUT2D eigenvalue weighted by atomic mass is 10.0. The number of aryl methyl sites for hydroxylation is 3. The number of aromatic amines is 1. The first-order valence-corrected chi connectivity index (χ1v) is 9.39. The molecule has 0 aliphatic rings. The van der Waals surface area contributed by atoms with E-state index in [1.807, 2.05) is 26.0 Å². The topological polar surface area (TPSA) is 81.2 Å². The van der Waals surface area contributed by atoms with Gasteiger partial charge in [0.2, 0.25) is 0 Å². The van der Waals surface area contributed by atoms with Gasteiger partial charge in [0, 0.05) is 13.0 Å². The van der Waals surface area contributed by atoms with Crippen molar-refractivity contribution in [3.63, 3.8) is 0 Å². The Balaban J connectivity index is 1.50. The molecule has 0 fully saturated rings. The first-order chi connectivity index (χ1) is 13.5. The summed E-state index contributed by atoms with van der Waals surface area (Å²) in [7, 11) is 0. The van der Waals surface area contributed by atoms with Gasteiger partial charge in [-0.05, 0) is 49.9 Å². The Kier molecular flexibility index (Phi) is 6.09. The van der Waals surface area contributed by atoms with Crippen molar-refractivity contribution in [2.45, 2.75) is 39.7 Å². The molecule has 0 aliphatic carbocycles. The molecule has 6 heteroatoms. The lowest BCUT2D eigenvalue weighted by Crippen LogP contribution is -2.35. The van der Waals surface area contributed by atoms with Crippen LogP contribution in [-0.4, -0.2) is 22.1 Å². The molecular formula is C22H24N2O4. The lowest BCUT2D eigenvalue weighted by molar-refractivity contribution is -0.143. The number of ether oxygens (including phenoxy) is 1. The smallest absolute Gasteiger partial charge is 0.328 e. The molecule has 1 aromatic heterocycles. The van der Waals surface area contributed by atoms with Crippen molar-refractivity contribution in [1.29, 1.82) is 0 Å². The Morgan fingerprint density at radius 3 is 2.68 bits per heavy atom. The third-order valence-electron chi connectivity index (χ3n) is 4.78. The third kappa shape index (κ3) is 4.57. The quantitative estimate of drug-likeness (QED) is 0.505. The van der Waals surface area contributed by atoms with Crippen LogP contribution >= 0.6 is 0 Å². The maximum absolute atomic E-state index is 12.4. The van der Waals surface area contributed by atoms with Crippen molar-refractivity contribution < 1.29 is 9.53 Å². The highest BCUT2D eigenvalue weighted by Gasteiger charge is 2.09. The number of carbonyl (C=O) groups is 1. The van der Waals surface area contributed by atoms with Crippen molar-refractivity contribution in [1.82, 2.24) is 9.55 Å². The number of hydrogen-bond acceptors (Lipinski definition) is 4. The standard InChI is InChI=1S/C22H24N2O4/c1-15-8-9-17(16(2)14-15)10-11-20(25)28-13-5-12-24-21(26)18-6-3-4-7-19(18)23-22(24)27/h3-4,6-9,14H,5,10-13H2,1-2H3,(H,23,27). The molecule has 1 heterocycles. The Bertz CT molecular complexity index is 1110. The van der Waals surface area contributed by atoms with Crippen molar-refractivity contribution in [3.05, 3.63) is 80.0 Å². The molecule has 0 saturated carbocycles. The van der Waals surface area contributed by atoms with Gasteiger partial charge in [0.05, 0.1) is 17.5 Å². The van der Waals surface area contributed by atoms with Crippen LogP contribution in [0, 0.1) is 13.8 Å². The molecule has 0 aliphatic heterocycles. The average molecular weight is 380 g/mol. The van der Waals surface area contributed by atoms with Gasteiger partial charge >= 0.3 is 11.7 Å². The molecule has 3 rings (SSSR count). The fraction of sp³-hybridized carbons (Fsp3) is 0.318. The molecule has 1 N–H and O–H groups in total. The van der Waals surface area contributed by atoms with Gasteiger partial charge in [-0.3, -0.25) is 14.2 Å². The predicted octanol–water partition coefficient (Wildman–Crippen LogP) is 2.87. The number of rotatable bonds is 7. The van der Waals surface area contributed by atoms with E-state index in [1.54, 1.807) is 24.3 Å². The van der Waals surface area contributed by atoms with Crippen molar-refractivity contribution in [2.75, 3.05) is 6.61 Å². The van der Waals surface area contributed by atoms with Crippen LogP contribution in [0.15, 0.2) is 52.1 Å². The number of H-pyrrole nitrogens is 1. The van der Waals surface area contributed by atoms with Gasteiger partial charge in [-0.1, -0.05) is 35.9 Å². The molecule has 0 spiro atoms. The summed E-state index contributed by atoms with van der Waals surface area (Å²) >= 11 is 0. The van der Waals surface area contributed by atoms with E-state index in [-0.39, 0.29) is 24.7 Å². The number of esters is 1. The summed E-state index contributed by atoms with van der Waals surface area (Å²) in [5.41, 5.74) is 3.24. The molecule has 0 bridgehead atoms. The van der Waals surface area contributed by atoms with E-state index in [1.165, 1.54) is 11.1 Å². The van der Waals surface area contributed by atoms with Gasteiger partial charge < -0.3 is 9.72 Å². The van der Waals surface area contributed by atoms with Crippen molar-refractivity contribution in [3.8, 4) is 0 Å². The number of para-hydroxylation sites is 1. The summed E-state index contributed by atoms with van der Waals surface area (Å²) < 4.78 is 6.39. The molecule has 0 unspecified atom stereocenters. The van der Waals surface area contributed by atoms with Crippen LogP contribution < -0.4 is 11.2 Å². The van der Waals surface area contributed by atoms with Gasteiger partial charge in [0.15, 0.2) is 0 Å². The van der Waals surface area contributed by atoms with Crippen molar-refractivity contribution >= 4 is 16.9 Å². The Morgan fingerprint density at radius 2 is 1.89 bits per heavy atom. The highest BCUT2D eigenvalue weighted by molar-refractivity contribution is 5.76.